The maximum absolute atomic E-state index is 12.4. The fourth-order valence-electron chi connectivity index (χ4n) is 1.91. The highest BCUT2D eigenvalue weighted by Gasteiger charge is 2.27. The molecule has 110 valence electrons. The molecule has 0 atom stereocenters. The molecule has 0 radical (unpaired) electrons. The highest BCUT2D eigenvalue weighted by atomic mass is 16.6. The minimum atomic E-state index is -0.647. The largest absolute Gasteiger partial charge is 0.395 e. The predicted molar refractivity (Wildman–Crippen MR) is 74.2 cm³/mol. The Bertz CT molecular complexity index is 486. The van der Waals surface area contributed by atoms with Crippen LogP contribution in [0, 0.1) is 10.1 Å². The molecule has 0 spiro atoms. The molecule has 0 saturated heterocycles. The second kappa shape index (κ2) is 7.41. The number of nitrogen functional groups attached to an aromatic ring is 1. The number of nitro benzene ring substituents is 1. The van der Waals surface area contributed by atoms with Gasteiger partial charge in [0.15, 0.2) is 0 Å². The van der Waals surface area contributed by atoms with Crippen molar-refractivity contribution < 1.29 is 14.8 Å². The van der Waals surface area contributed by atoms with E-state index in [0.717, 1.165) is 0 Å². The lowest BCUT2D eigenvalue weighted by Gasteiger charge is -2.21. The number of hydrogen-bond acceptors (Lipinski definition) is 6. The van der Waals surface area contributed by atoms with E-state index in [4.69, 9.17) is 10.9 Å². The molecule has 20 heavy (non-hydrogen) atoms. The summed E-state index contributed by atoms with van der Waals surface area (Å²) in [5.41, 5.74) is 1.87. The van der Waals surface area contributed by atoms with Crippen molar-refractivity contribution in [2.75, 3.05) is 25.1 Å². The number of nitro groups is 1. The van der Waals surface area contributed by atoms with Crippen LogP contribution in [0.1, 0.15) is 23.7 Å². The number of carbonyl (C=O) groups is 1. The lowest BCUT2D eigenvalue weighted by atomic mass is 10.1. The van der Waals surface area contributed by atoms with Gasteiger partial charge in [-0.25, -0.2) is 0 Å². The van der Waals surface area contributed by atoms with Crippen LogP contribution in [0.2, 0.25) is 0 Å². The van der Waals surface area contributed by atoms with E-state index in [1.165, 1.54) is 23.1 Å². The zero-order valence-electron chi connectivity index (χ0n) is 11.2. The average Bonchev–Trinajstić information content (AvgIpc) is 2.45. The van der Waals surface area contributed by atoms with Crippen LogP contribution in [0.25, 0.3) is 0 Å². The highest BCUT2D eigenvalue weighted by molar-refractivity contribution is 6.00. The maximum atomic E-state index is 12.4. The summed E-state index contributed by atoms with van der Waals surface area (Å²) in [5.74, 6) is 4.74. The normalized spacial score (nSPS) is 10.2. The van der Waals surface area contributed by atoms with E-state index < -0.39 is 10.8 Å². The molecule has 0 bridgehead atoms. The lowest BCUT2D eigenvalue weighted by molar-refractivity contribution is -0.384. The van der Waals surface area contributed by atoms with Gasteiger partial charge in [-0.3, -0.25) is 20.8 Å². The molecule has 4 N–H and O–H groups in total. The van der Waals surface area contributed by atoms with Gasteiger partial charge in [0.1, 0.15) is 11.3 Å². The molecule has 8 nitrogen and oxygen atoms in total. The minimum absolute atomic E-state index is 0.0487. The second-order valence-electron chi connectivity index (χ2n) is 4.12. The monoisotopic (exact) mass is 282 g/mol. The van der Waals surface area contributed by atoms with Crippen molar-refractivity contribution in [2.24, 2.45) is 5.84 Å². The van der Waals surface area contributed by atoms with Gasteiger partial charge >= 0.3 is 5.69 Å². The number of nitrogens with zero attached hydrogens (tertiary/aromatic N) is 2. The third kappa shape index (κ3) is 3.43. The van der Waals surface area contributed by atoms with Crippen LogP contribution in [0.15, 0.2) is 18.2 Å². The molecule has 1 amide bonds. The Morgan fingerprint density at radius 1 is 1.50 bits per heavy atom. The van der Waals surface area contributed by atoms with E-state index in [1.807, 2.05) is 6.92 Å². The molecule has 0 fully saturated rings. The van der Waals surface area contributed by atoms with Gasteiger partial charge in [0.25, 0.3) is 5.91 Å². The van der Waals surface area contributed by atoms with Crippen LogP contribution in [-0.4, -0.2) is 40.5 Å². The molecule has 0 heterocycles. The number of rotatable bonds is 7. The first kappa shape index (κ1) is 15.9. The number of nitrogens with two attached hydrogens (primary N) is 1. The minimum Gasteiger partial charge on any atom is -0.395 e. The maximum Gasteiger partial charge on any atom is 0.306 e. The third-order valence-electron chi connectivity index (χ3n) is 2.76. The Labute approximate surface area is 116 Å². The number of hydrazine groups is 1. The van der Waals surface area contributed by atoms with Gasteiger partial charge in [-0.15, -0.1) is 0 Å². The number of amides is 1. The van der Waals surface area contributed by atoms with E-state index in [9.17, 15) is 14.9 Å². The Kier molecular flexibility index (Phi) is 5.88. The van der Waals surface area contributed by atoms with E-state index in [2.05, 4.69) is 5.43 Å². The van der Waals surface area contributed by atoms with Crippen molar-refractivity contribution in [3.63, 3.8) is 0 Å². The zero-order chi connectivity index (χ0) is 15.1. The Balaban J connectivity index is 3.23. The van der Waals surface area contributed by atoms with E-state index >= 15 is 0 Å². The summed E-state index contributed by atoms with van der Waals surface area (Å²) in [6.45, 7) is 2.22. The van der Waals surface area contributed by atoms with E-state index in [0.29, 0.717) is 13.0 Å². The van der Waals surface area contributed by atoms with Crippen LogP contribution in [-0.2, 0) is 0 Å². The van der Waals surface area contributed by atoms with Crippen molar-refractivity contribution in [1.29, 1.82) is 0 Å². The summed E-state index contributed by atoms with van der Waals surface area (Å²) in [6, 6.07) is 4.31. The number of anilines is 1. The smallest absolute Gasteiger partial charge is 0.306 e. The van der Waals surface area contributed by atoms with Gasteiger partial charge < -0.3 is 15.4 Å². The van der Waals surface area contributed by atoms with Gasteiger partial charge in [0.2, 0.25) is 0 Å². The van der Waals surface area contributed by atoms with Gasteiger partial charge in [-0.05, 0) is 18.6 Å². The molecule has 0 aromatic heterocycles. The summed E-state index contributed by atoms with van der Waals surface area (Å²) >= 11 is 0. The number of benzene rings is 1. The molecule has 0 unspecified atom stereocenters. The summed E-state index contributed by atoms with van der Waals surface area (Å²) in [4.78, 5) is 24.2. The fourth-order valence-corrected chi connectivity index (χ4v) is 1.91. The summed E-state index contributed by atoms with van der Waals surface area (Å²) in [7, 11) is 0. The van der Waals surface area contributed by atoms with Crippen LogP contribution in [0.5, 0.6) is 0 Å². The van der Waals surface area contributed by atoms with E-state index in [-0.39, 0.29) is 30.1 Å². The Morgan fingerprint density at radius 2 is 2.20 bits per heavy atom. The molecule has 1 aromatic carbocycles. The molecule has 0 aliphatic heterocycles. The van der Waals surface area contributed by atoms with Crippen molar-refractivity contribution >= 4 is 17.3 Å². The van der Waals surface area contributed by atoms with Crippen molar-refractivity contribution in [3.05, 3.63) is 33.9 Å². The standard InChI is InChI=1S/C12H18N4O4/c1-2-6-15(7-8-17)12(18)9-4-3-5-10(14-13)11(9)16(19)20/h3-5,14,17H,2,6-8,13H2,1H3. The molecule has 0 aliphatic carbocycles. The number of nitrogens with one attached hydrogen (secondary N) is 1. The van der Waals surface area contributed by atoms with Crippen molar-refractivity contribution in [3.8, 4) is 0 Å². The van der Waals surface area contributed by atoms with Crippen molar-refractivity contribution in [1.82, 2.24) is 4.90 Å². The Hall–Kier alpha value is -2.19. The van der Waals surface area contributed by atoms with Gasteiger partial charge in [-0.2, -0.15) is 0 Å². The van der Waals surface area contributed by atoms with Crippen molar-refractivity contribution in [2.45, 2.75) is 13.3 Å². The first-order valence-corrected chi connectivity index (χ1v) is 6.20. The summed E-state index contributed by atoms with van der Waals surface area (Å²) in [6.07, 6.45) is 0.689. The molecular weight excluding hydrogens is 264 g/mol. The van der Waals surface area contributed by atoms with Crippen LogP contribution < -0.4 is 11.3 Å². The number of para-hydroxylation sites is 1. The number of carbonyl (C=O) groups excluding carboxylic acids is 1. The number of hydrogen-bond donors (Lipinski definition) is 3. The fraction of sp³-hybridized carbons (Fsp3) is 0.417. The molecule has 0 saturated carbocycles. The topological polar surface area (TPSA) is 122 Å². The van der Waals surface area contributed by atoms with Crippen LogP contribution in [0.4, 0.5) is 11.4 Å². The Morgan fingerprint density at radius 3 is 2.70 bits per heavy atom. The molecule has 0 aliphatic rings. The van der Waals surface area contributed by atoms with E-state index in [1.54, 1.807) is 0 Å². The first-order chi connectivity index (χ1) is 9.56. The predicted octanol–water partition coefficient (Wildman–Crippen LogP) is 0.725. The van der Waals surface area contributed by atoms with Gasteiger partial charge in [-0.1, -0.05) is 13.0 Å². The molecular formula is C12H18N4O4. The highest BCUT2D eigenvalue weighted by Crippen LogP contribution is 2.28. The molecule has 1 aromatic rings. The quantitative estimate of drug-likeness (QED) is 0.385. The number of aliphatic hydroxyl groups excluding tert-OH is 1. The summed E-state index contributed by atoms with van der Waals surface area (Å²) in [5, 5.41) is 20.1. The zero-order valence-corrected chi connectivity index (χ0v) is 11.2. The van der Waals surface area contributed by atoms with Crippen LogP contribution >= 0.6 is 0 Å². The van der Waals surface area contributed by atoms with Gasteiger partial charge in [0, 0.05) is 13.1 Å². The average molecular weight is 282 g/mol. The second-order valence-corrected chi connectivity index (χ2v) is 4.12. The molecule has 8 heteroatoms. The molecule has 1 rings (SSSR count). The first-order valence-electron chi connectivity index (χ1n) is 6.20. The lowest BCUT2D eigenvalue weighted by Crippen LogP contribution is -2.34. The summed E-state index contributed by atoms with van der Waals surface area (Å²) < 4.78 is 0. The van der Waals surface area contributed by atoms with Gasteiger partial charge in [0.05, 0.1) is 11.5 Å². The third-order valence-corrected chi connectivity index (χ3v) is 2.76. The van der Waals surface area contributed by atoms with Crippen LogP contribution in [0.3, 0.4) is 0 Å². The SMILES string of the molecule is CCCN(CCO)C(=O)c1cccc(NN)c1[N+](=O)[O-]. The number of aliphatic hydroxyl groups is 1.